The molecule has 2 atom stereocenters. The van der Waals surface area contributed by atoms with Gasteiger partial charge < -0.3 is 15.0 Å². The van der Waals surface area contributed by atoms with E-state index in [1.54, 1.807) is 0 Å². The molecular formula is C14H26N2O2. The number of likely N-dealkylation sites (tertiary alicyclic amines) is 1. The highest BCUT2D eigenvalue weighted by atomic mass is 16.6. The molecule has 0 aromatic heterocycles. The Bertz CT molecular complexity index is 307. The second-order valence-corrected chi connectivity index (χ2v) is 6.82. The molecule has 1 aliphatic carbocycles. The van der Waals surface area contributed by atoms with Crippen LogP contribution in [0.2, 0.25) is 0 Å². The molecule has 1 heterocycles. The fourth-order valence-electron chi connectivity index (χ4n) is 2.78. The van der Waals surface area contributed by atoms with Crippen LogP contribution in [0.25, 0.3) is 0 Å². The Morgan fingerprint density at radius 3 is 2.39 bits per heavy atom. The van der Waals surface area contributed by atoms with Crippen LogP contribution in [0, 0.1) is 11.8 Å². The number of hydrogen-bond donors (Lipinski definition) is 1. The Hall–Kier alpha value is -0.770. The van der Waals surface area contributed by atoms with Crippen molar-refractivity contribution < 1.29 is 9.53 Å². The number of ether oxygens (including phenoxy) is 1. The van der Waals surface area contributed by atoms with E-state index >= 15 is 0 Å². The smallest absolute Gasteiger partial charge is 0.407 e. The molecule has 2 aliphatic rings. The summed E-state index contributed by atoms with van der Waals surface area (Å²) in [4.78, 5) is 14.2. The van der Waals surface area contributed by atoms with E-state index in [9.17, 15) is 4.79 Å². The topological polar surface area (TPSA) is 41.6 Å². The monoisotopic (exact) mass is 254 g/mol. The van der Waals surface area contributed by atoms with Crippen LogP contribution in [0.3, 0.4) is 0 Å². The van der Waals surface area contributed by atoms with Crippen molar-refractivity contribution in [3.63, 3.8) is 0 Å². The summed E-state index contributed by atoms with van der Waals surface area (Å²) >= 11 is 0. The molecule has 0 radical (unpaired) electrons. The van der Waals surface area contributed by atoms with E-state index < -0.39 is 5.60 Å². The number of amides is 1. The Morgan fingerprint density at radius 1 is 1.28 bits per heavy atom. The van der Waals surface area contributed by atoms with Crippen LogP contribution in [0.5, 0.6) is 0 Å². The fourth-order valence-corrected chi connectivity index (χ4v) is 2.78. The lowest BCUT2D eigenvalue weighted by Crippen LogP contribution is -2.45. The molecule has 4 nitrogen and oxygen atoms in total. The van der Waals surface area contributed by atoms with E-state index in [2.05, 4.69) is 17.3 Å². The van der Waals surface area contributed by atoms with Crippen molar-refractivity contribution in [2.45, 2.75) is 51.7 Å². The van der Waals surface area contributed by atoms with E-state index in [-0.39, 0.29) is 6.09 Å². The highest BCUT2D eigenvalue weighted by molar-refractivity contribution is 5.68. The summed E-state index contributed by atoms with van der Waals surface area (Å²) in [5.74, 6) is 1.27. The van der Waals surface area contributed by atoms with Gasteiger partial charge in [-0.1, -0.05) is 0 Å². The molecule has 0 aromatic carbocycles. The maximum absolute atomic E-state index is 11.9. The first kappa shape index (κ1) is 13.7. The van der Waals surface area contributed by atoms with Gasteiger partial charge in [-0.25, -0.2) is 4.79 Å². The Balaban J connectivity index is 1.88. The number of carbonyl (C=O) groups excluding carboxylic acids is 1. The third kappa shape index (κ3) is 3.87. The summed E-state index contributed by atoms with van der Waals surface area (Å²) in [6, 6.07) is 0.310. The summed E-state index contributed by atoms with van der Waals surface area (Å²) in [5.41, 5.74) is -0.412. The average molecular weight is 254 g/mol. The van der Waals surface area contributed by atoms with Gasteiger partial charge in [-0.3, -0.25) is 0 Å². The van der Waals surface area contributed by atoms with Crippen LogP contribution in [0.15, 0.2) is 0 Å². The molecule has 1 N–H and O–H groups in total. The van der Waals surface area contributed by atoms with Gasteiger partial charge in [0.05, 0.1) is 0 Å². The lowest BCUT2D eigenvalue weighted by molar-refractivity contribution is 0.0478. The van der Waals surface area contributed by atoms with Crippen molar-refractivity contribution in [1.29, 1.82) is 0 Å². The minimum atomic E-state index is -0.412. The zero-order valence-electron chi connectivity index (χ0n) is 12.0. The third-order valence-electron chi connectivity index (χ3n) is 3.75. The van der Waals surface area contributed by atoms with Gasteiger partial charge in [0.1, 0.15) is 5.60 Å². The molecule has 1 amide bonds. The molecule has 0 aromatic rings. The Labute approximate surface area is 110 Å². The first-order valence-corrected chi connectivity index (χ1v) is 7.03. The molecule has 0 spiro atoms. The van der Waals surface area contributed by atoms with Crippen LogP contribution in [0.4, 0.5) is 4.79 Å². The van der Waals surface area contributed by atoms with Crippen LogP contribution in [-0.2, 0) is 4.74 Å². The first-order chi connectivity index (χ1) is 8.35. The zero-order chi connectivity index (χ0) is 13.3. The lowest BCUT2D eigenvalue weighted by atomic mass is 9.95. The van der Waals surface area contributed by atoms with Crippen molar-refractivity contribution in [3.05, 3.63) is 0 Å². The number of nitrogens with zero attached hydrogens (tertiary/aromatic N) is 1. The molecule has 2 fully saturated rings. The SMILES string of the molecule is CN1CCC(C(NC(=O)OC(C)(C)C)C2CC2)C1. The summed E-state index contributed by atoms with van der Waals surface area (Å²) in [7, 11) is 2.15. The summed E-state index contributed by atoms with van der Waals surface area (Å²) in [6.07, 6.45) is 3.43. The molecule has 1 aliphatic heterocycles. The molecule has 18 heavy (non-hydrogen) atoms. The maximum atomic E-state index is 11.9. The summed E-state index contributed by atoms with van der Waals surface area (Å²) in [6.45, 7) is 7.95. The van der Waals surface area contributed by atoms with E-state index in [1.165, 1.54) is 19.3 Å². The normalized spacial score (nSPS) is 27.0. The predicted octanol–water partition coefficient (Wildman–Crippen LogP) is 2.24. The van der Waals surface area contributed by atoms with Crippen molar-refractivity contribution in [1.82, 2.24) is 10.2 Å². The van der Waals surface area contributed by atoms with Gasteiger partial charge in [-0.05, 0) is 65.5 Å². The van der Waals surface area contributed by atoms with Crippen molar-refractivity contribution >= 4 is 6.09 Å². The summed E-state index contributed by atoms with van der Waals surface area (Å²) in [5, 5.41) is 3.11. The minimum Gasteiger partial charge on any atom is -0.444 e. The Kier molecular flexibility index (Phi) is 3.85. The fraction of sp³-hybridized carbons (Fsp3) is 0.929. The predicted molar refractivity (Wildman–Crippen MR) is 71.5 cm³/mol. The molecule has 2 rings (SSSR count). The molecule has 0 bridgehead atoms. The first-order valence-electron chi connectivity index (χ1n) is 7.03. The van der Waals surface area contributed by atoms with Crippen molar-refractivity contribution in [2.75, 3.05) is 20.1 Å². The lowest BCUT2D eigenvalue weighted by Gasteiger charge is -2.27. The number of alkyl carbamates (subject to hydrolysis) is 1. The third-order valence-corrected chi connectivity index (χ3v) is 3.75. The molecule has 104 valence electrons. The van der Waals surface area contributed by atoms with Crippen molar-refractivity contribution in [2.24, 2.45) is 11.8 Å². The van der Waals surface area contributed by atoms with Crippen LogP contribution in [0.1, 0.15) is 40.0 Å². The molecule has 1 saturated carbocycles. The zero-order valence-corrected chi connectivity index (χ0v) is 12.0. The quantitative estimate of drug-likeness (QED) is 0.840. The average Bonchev–Trinajstić information content (AvgIpc) is 2.95. The van der Waals surface area contributed by atoms with Gasteiger partial charge in [0, 0.05) is 12.6 Å². The van der Waals surface area contributed by atoms with Gasteiger partial charge >= 0.3 is 6.09 Å². The van der Waals surface area contributed by atoms with Gasteiger partial charge in [-0.15, -0.1) is 0 Å². The standard InChI is InChI=1S/C14H26N2O2/c1-14(2,3)18-13(17)15-12(10-5-6-10)11-7-8-16(4)9-11/h10-12H,5-9H2,1-4H3,(H,15,17). The highest BCUT2D eigenvalue weighted by Gasteiger charge is 2.40. The van der Waals surface area contributed by atoms with E-state index in [4.69, 9.17) is 4.74 Å². The van der Waals surface area contributed by atoms with Gasteiger partial charge in [0.2, 0.25) is 0 Å². The molecule has 1 saturated heterocycles. The second kappa shape index (κ2) is 5.08. The summed E-state index contributed by atoms with van der Waals surface area (Å²) < 4.78 is 5.37. The van der Waals surface area contributed by atoms with E-state index in [0.717, 1.165) is 13.1 Å². The van der Waals surface area contributed by atoms with Gasteiger partial charge in [0.25, 0.3) is 0 Å². The number of rotatable bonds is 3. The Morgan fingerprint density at radius 2 is 1.94 bits per heavy atom. The number of nitrogens with one attached hydrogen (secondary N) is 1. The second-order valence-electron chi connectivity index (χ2n) is 6.82. The molecular weight excluding hydrogens is 228 g/mol. The van der Waals surface area contributed by atoms with E-state index in [1.807, 2.05) is 20.8 Å². The van der Waals surface area contributed by atoms with Crippen molar-refractivity contribution in [3.8, 4) is 0 Å². The molecule has 4 heteroatoms. The van der Waals surface area contributed by atoms with Crippen LogP contribution < -0.4 is 5.32 Å². The van der Waals surface area contributed by atoms with Gasteiger partial charge in [-0.2, -0.15) is 0 Å². The van der Waals surface area contributed by atoms with Crippen LogP contribution in [-0.4, -0.2) is 42.8 Å². The molecule has 2 unspecified atom stereocenters. The largest absolute Gasteiger partial charge is 0.444 e. The van der Waals surface area contributed by atoms with Crippen LogP contribution >= 0.6 is 0 Å². The van der Waals surface area contributed by atoms with Gasteiger partial charge in [0.15, 0.2) is 0 Å². The maximum Gasteiger partial charge on any atom is 0.407 e. The number of carbonyl (C=O) groups is 1. The highest BCUT2D eigenvalue weighted by Crippen LogP contribution is 2.38. The van der Waals surface area contributed by atoms with E-state index in [0.29, 0.717) is 17.9 Å². The number of hydrogen-bond acceptors (Lipinski definition) is 3. The minimum absolute atomic E-state index is 0.256.